The highest BCUT2D eigenvalue weighted by atomic mass is 15.5. The summed E-state index contributed by atoms with van der Waals surface area (Å²) in [5, 5.41) is 8.13. The second-order valence-electron chi connectivity index (χ2n) is 3.39. The van der Waals surface area contributed by atoms with Crippen molar-refractivity contribution in [1.29, 1.82) is 0 Å². The first kappa shape index (κ1) is 9.76. The Morgan fingerprint density at radius 3 is 2.47 bits per heavy atom. The van der Waals surface area contributed by atoms with Gasteiger partial charge in [-0.1, -0.05) is 13.8 Å². The van der Waals surface area contributed by atoms with Crippen LogP contribution in [0.3, 0.4) is 0 Å². The van der Waals surface area contributed by atoms with Gasteiger partial charge in [-0.05, 0) is 6.42 Å². The molecule has 2 aromatic rings. The maximum absolute atomic E-state index is 4.34. The first-order chi connectivity index (χ1) is 7.33. The molecule has 2 rings (SSSR count). The second-order valence-corrected chi connectivity index (χ2v) is 3.39. The van der Waals surface area contributed by atoms with E-state index in [9.17, 15) is 0 Å². The van der Waals surface area contributed by atoms with Crippen LogP contribution < -0.4 is 0 Å². The van der Waals surface area contributed by atoms with Crippen LogP contribution in [0.4, 0.5) is 0 Å². The molecule has 0 fully saturated rings. The first-order valence-corrected chi connectivity index (χ1v) is 5.00. The molecule has 0 N–H and O–H groups in total. The number of nitrogens with zero attached hydrogens (tertiary/aromatic N) is 5. The molecule has 0 amide bonds. The van der Waals surface area contributed by atoms with E-state index < -0.39 is 0 Å². The molecule has 0 aliphatic rings. The lowest BCUT2D eigenvalue weighted by Gasteiger charge is -2.10. The minimum atomic E-state index is 0.361. The van der Waals surface area contributed by atoms with Crippen molar-refractivity contribution in [2.75, 3.05) is 0 Å². The fourth-order valence-electron chi connectivity index (χ4n) is 1.36. The van der Waals surface area contributed by atoms with Crippen molar-refractivity contribution >= 4 is 0 Å². The molecule has 0 bridgehead atoms. The maximum atomic E-state index is 4.34. The fourth-order valence-corrected chi connectivity index (χ4v) is 1.36. The van der Waals surface area contributed by atoms with Gasteiger partial charge in [0.2, 0.25) is 0 Å². The van der Waals surface area contributed by atoms with E-state index in [-0.39, 0.29) is 0 Å². The number of hydrogen-bond donors (Lipinski definition) is 0. The summed E-state index contributed by atoms with van der Waals surface area (Å²) in [6, 6.07) is 0. The van der Waals surface area contributed by atoms with Gasteiger partial charge in [0.1, 0.15) is 0 Å². The van der Waals surface area contributed by atoms with E-state index in [1.807, 2.05) is 0 Å². The van der Waals surface area contributed by atoms with Gasteiger partial charge < -0.3 is 0 Å². The molecule has 1 atom stereocenters. The zero-order valence-electron chi connectivity index (χ0n) is 8.83. The van der Waals surface area contributed by atoms with Crippen LogP contribution in [0.1, 0.15) is 31.9 Å². The van der Waals surface area contributed by atoms with Crippen molar-refractivity contribution in [2.45, 2.75) is 26.2 Å². The van der Waals surface area contributed by atoms with Crippen molar-refractivity contribution in [3.8, 4) is 5.82 Å². The molecule has 78 valence electrons. The maximum Gasteiger partial charge on any atom is 0.196 e. The molecule has 15 heavy (non-hydrogen) atoms. The van der Waals surface area contributed by atoms with Crippen LogP contribution in [0, 0.1) is 0 Å². The van der Waals surface area contributed by atoms with Crippen molar-refractivity contribution in [3.63, 3.8) is 0 Å². The Hall–Kier alpha value is -1.78. The Morgan fingerprint density at radius 1 is 1.13 bits per heavy atom. The highest BCUT2D eigenvalue weighted by molar-refractivity contribution is 5.27. The van der Waals surface area contributed by atoms with Crippen LogP contribution in [0.15, 0.2) is 24.8 Å². The minimum absolute atomic E-state index is 0.361. The lowest BCUT2D eigenvalue weighted by Crippen LogP contribution is -2.09. The van der Waals surface area contributed by atoms with Gasteiger partial charge in [-0.15, -0.1) is 4.80 Å². The summed E-state index contributed by atoms with van der Waals surface area (Å²) in [6.07, 6.45) is 7.65. The van der Waals surface area contributed by atoms with Gasteiger partial charge in [-0.25, -0.2) is 4.98 Å². The lowest BCUT2D eigenvalue weighted by molar-refractivity contribution is 0.653. The third-order valence-electron chi connectivity index (χ3n) is 2.39. The van der Waals surface area contributed by atoms with Gasteiger partial charge >= 0.3 is 0 Å². The average molecular weight is 203 g/mol. The van der Waals surface area contributed by atoms with E-state index in [2.05, 4.69) is 34.0 Å². The third kappa shape index (κ3) is 1.86. The summed E-state index contributed by atoms with van der Waals surface area (Å²) in [4.78, 5) is 10.1. The molecule has 0 spiro atoms. The van der Waals surface area contributed by atoms with Gasteiger partial charge in [0.15, 0.2) is 5.82 Å². The SMILES string of the molecule is CCC(C)c1nccnc1-n1nccn1. The zero-order valence-corrected chi connectivity index (χ0v) is 8.83. The first-order valence-electron chi connectivity index (χ1n) is 5.00. The topological polar surface area (TPSA) is 56.5 Å². The molecule has 0 saturated heterocycles. The minimum Gasteiger partial charge on any atom is -0.255 e. The average Bonchev–Trinajstić information content (AvgIpc) is 2.81. The normalized spacial score (nSPS) is 12.7. The highest BCUT2D eigenvalue weighted by Gasteiger charge is 2.13. The summed E-state index contributed by atoms with van der Waals surface area (Å²) < 4.78 is 0. The van der Waals surface area contributed by atoms with Gasteiger partial charge in [0, 0.05) is 18.3 Å². The standard InChI is InChI=1S/C10H13N5/c1-3-8(2)9-10(12-5-4-11-9)15-13-6-7-14-15/h4-8H,3H2,1-2H3. The summed E-state index contributed by atoms with van der Waals surface area (Å²) in [5.74, 6) is 1.08. The Kier molecular flexibility index (Phi) is 2.71. The number of hydrogen-bond acceptors (Lipinski definition) is 4. The van der Waals surface area contributed by atoms with Gasteiger partial charge in [0.25, 0.3) is 0 Å². The van der Waals surface area contributed by atoms with Crippen molar-refractivity contribution < 1.29 is 0 Å². The predicted octanol–water partition coefficient (Wildman–Crippen LogP) is 1.57. The van der Waals surface area contributed by atoms with Gasteiger partial charge in [-0.3, -0.25) is 4.98 Å². The molecular weight excluding hydrogens is 190 g/mol. The number of aromatic nitrogens is 5. The van der Waals surface area contributed by atoms with Crippen LogP contribution >= 0.6 is 0 Å². The molecule has 0 aliphatic carbocycles. The lowest BCUT2D eigenvalue weighted by atomic mass is 10.1. The van der Waals surface area contributed by atoms with Gasteiger partial charge in [0.05, 0.1) is 18.1 Å². The summed E-state index contributed by atoms with van der Waals surface area (Å²) >= 11 is 0. The van der Waals surface area contributed by atoms with Crippen LogP contribution in [-0.2, 0) is 0 Å². The van der Waals surface area contributed by atoms with E-state index in [0.29, 0.717) is 5.92 Å². The summed E-state index contributed by atoms with van der Waals surface area (Å²) in [5.41, 5.74) is 0.941. The van der Waals surface area contributed by atoms with E-state index in [1.54, 1.807) is 24.8 Å². The Balaban J connectivity index is 2.47. The molecule has 2 aromatic heterocycles. The Morgan fingerprint density at radius 2 is 1.80 bits per heavy atom. The Bertz CT molecular complexity index is 423. The van der Waals surface area contributed by atoms with E-state index in [4.69, 9.17) is 0 Å². The van der Waals surface area contributed by atoms with Gasteiger partial charge in [-0.2, -0.15) is 10.2 Å². The van der Waals surface area contributed by atoms with Crippen molar-refractivity contribution in [2.24, 2.45) is 0 Å². The third-order valence-corrected chi connectivity index (χ3v) is 2.39. The second kappa shape index (κ2) is 4.16. The van der Waals surface area contributed by atoms with Crippen LogP contribution in [-0.4, -0.2) is 25.0 Å². The summed E-state index contributed by atoms with van der Waals surface area (Å²) in [6.45, 7) is 4.25. The Labute approximate surface area is 88.2 Å². The molecule has 1 unspecified atom stereocenters. The predicted molar refractivity (Wildman–Crippen MR) is 55.7 cm³/mol. The van der Waals surface area contributed by atoms with Crippen molar-refractivity contribution in [3.05, 3.63) is 30.5 Å². The van der Waals surface area contributed by atoms with Crippen LogP contribution in [0.25, 0.3) is 5.82 Å². The van der Waals surface area contributed by atoms with E-state index >= 15 is 0 Å². The molecule has 0 radical (unpaired) electrons. The van der Waals surface area contributed by atoms with Crippen LogP contribution in [0.5, 0.6) is 0 Å². The smallest absolute Gasteiger partial charge is 0.196 e. The van der Waals surface area contributed by atoms with Crippen LogP contribution in [0.2, 0.25) is 0 Å². The quantitative estimate of drug-likeness (QED) is 0.759. The summed E-state index contributed by atoms with van der Waals surface area (Å²) in [7, 11) is 0. The monoisotopic (exact) mass is 203 g/mol. The molecule has 0 aromatic carbocycles. The fraction of sp³-hybridized carbons (Fsp3) is 0.400. The highest BCUT2D eigenvalue weighted by Crippen LogP contribution is 2.20. The zero-order chi connectivity index (χ0) is 10.7. The largest absolute Gasteiger partial charge is 0.255 e. The van der Waals surface area contributed by atoms with Crippen molar-refractivity contribution in [1.82, 2.24) is 25.0 Å². The molecular formula is C10H13N5. The number of rotatable bonds is 3. The van der Waals surface area contributed by atoms with E-state index in [0.717, 1.165) is 17.9 Å². The molecule has 5 heteroatoms. The molecule has 0 aliphatic heterocycles. The molecule has 0 saturated carbocycles. The van der Waals surface area contributed by atoms with E-state index in [1.165, 1.54) is 4.80 Å². The molecule has 5 nitrogen and oxygen atoms in total. The molecule has 2 heterocycles.